The summed E-state index contributed by atoms with van der Waals surface area (Å²) in [5, 5.41) is 13.3. The molecule has 0 saturated carbocycles. The maximum Gasteiger partial charge on any atom is 0.335 e. The summed E-state index contributed by atoms with van der Waals surface area (Å²) in [6.45, 7) is 5.04. The second-order valence-corrected chi connectivity index (χ2v) is 4.51. The summed E-state index contributed by atoms with van der Waals surface area (Å²) < 4.78 is 1.90. The minimum Gasteiger partial charge on any atom is -0.478 e. The first-order valence-corrected chi connectivity index (χ1v) is 6.08. The van der Waals surface area contributed by atoms with Crippen LogP contribution in [0.25, 0.3) is 0 Å². The number of aromatic carboxylic acids is 1. The average molecular weight is 259 g/mol. The number of hydrogen-bond donors (Lipinski definition) is 2. The molecule has 2 rings (SSSR count). The van der Waals surface area contributed by atoms with E-state index in [0.29, 0.717) is 18.7 Å². The Morgan fingerprint density at radius 1 is 1.32 bits per heavy atom. The highest BCUT2D eigenvalue weighted by molar-refractivity contribution is 5.87. The lowest BCUT2D eigenvalue weighted by Crippen LogP contribution is -2.06. The van der Waals surface area contributed by atoms with Crippen molar-refractivity contribution in [3.05, 3.63) is 52.3 Å². The van der Waals surface area contributed by atoms with Gasteiger partial charge in [-0.15, -0.1) is 0 Å². The van der Waals surface area contributed by atoms with Crippen molar-refractivity contribution in [2.75, 3.05) is 0 Å². The van der Waals surface area contributed by atoms with E-state index >= 15 is 0 Å². The topological polar surface area (TPSA) is 81.1 Å². The summed E-state index contributed by atoms with van der Waals surface area (Å²) in [5.74, 6) is -0.914. The molecule has 0 aliphatic carbocycles. The number of carboxylic acids is 1. The molecular formula is C14H17N3O2. The van der Waals surface area contributed by atoms with Crippen LogP contribution in [0, 0.1) is 13.8 Å². The van der Waals surface area contributed by atoms with Crippen LogP contribution < -0.4 is 5.73 Å². The summed E-state index contributed by atoms with van der Waals surface area (Å²) >= 11 is 0. The monoisotopic (exact) mass is 259 g/mol. The smallest absolute Gasteiger partial charge is 0.335 e. The van der Waals surface area contributed by atoms with Crippen molar-refractivity contribution in [1.82, 2.24) is 9.78 Å². The number of benzene rings is 1. The summed E-state index contributed by atoms with van der Waals surface area (Å²) in [6.07, 6.45) is 0. The fraction of sp³-hybridized carbons (Fsp3) is 0.286. The van der Waals surface area contributed by atoms with Crippen LogP contribution in [0.2, 0.25) is 0 Å². The van der Waals surface area contributed by atoms with Crippen LogP contribution in [0.1, 0.15) is 32.9 Å². The van der Waals surface area contributed by atoms with Crippen LogP contribution >= 0.6 is 0 Å². The van der Waals surface area contributed by atoms with E-state index in [4.69, 9.17) is 10.8 Å². The normalized spacial score (nSPS) is 10.7. The quantitative estimate of drug-likeness (QED) is 0.875. The van der Waals surface area contributed by atoms with Gasteiger partial charge in [0.1, 0.15) is 0 Å². The van der Waals surface area contributed by atoms with Crippen LogP contribution in [0.5, 0.6) is 0 Å². The van der Waals surface area contributed by atoms with Crippen LogP contribution in [0.15, 0.2) is 24.3 Å². The SMILES string of the molecule is Cc1nn(Cc2ccc(C(=O)O)cc2)c(C)c1CN. The van der Waals surface area contributed by atoms with E-state index in [1.807, 2.05) is 30.7 Å². The molecule has 100 valence electrons. The molecule has 1 heterocycles. The lowest BCUT2D eigenvalue weighted by atomic mass is 10.1. The van der Waals surface area contributed by atoms with E-state index < -0.39 is 5.97 Å². The van der Waals surface area contributed by atoms with Crippen molar-refractivity contribution in [3.8, 4) is 0 Å². The first-order chi connectivity index (χ1) is 9.02. The van der Waals surface area contributed by atoms with Crippen LogP contribution in [0.4, 0.5) is 0 Å². The maximum atomic E-state index is 10.8. The summed E-state index contributed by atoms with van der Waals surface area (Å²) in [5.41, 5.74) is 10.1. The van der Waals surface area contributed by atoms with Crippen molar-refractivity contribution >= 4 is 5.97 Å². The highest BCUT2D eigenvalue weighted by Crippen LogP contribution is 2.14. The molecule has 0 unspecified atom stereocenters. The lowest BCUT2D eigenvalue weighted by Gasteiger charge is -2.05. The molecule has 0 fully saturated rings. The van der Waals surface area contributed by atoms with Gasteiger partial charge >= 0.3 is 5.97 Å². The van der Waals surface area contributed by atoms with Crippen molar-refractivity contribution in [2.24, 2.45) is 5.73 Å². The second kappa shape index (κ2) is 5.24. The van der Waals surface area contributed by atoms with Crippen LogP contribution in [0.3, 0.4) is 0 Å². The molecule has 19 heavy (non-hydrogen) atoms. The molecule has 0 spiro atoms. The number of nitrogens with zero attached hydrogens (tertiary/aromatic N) is 2. The van der Waals surface area contributed by atoms with Gasteiger partial charge in [0.2, 0.25) is 0 Å². The van der Waals surface area contributed by atoms with Gasteiger partial charge in [0, 0.05) is 17.8 Å². The van der Waals surface area contributed by atoms with Crippen molar-refractivity contribution in [1.29, 1.82) is 0 Å². The molecule has 5 heteroatoms. The van der Waals surface area contributed by atoms with Gasteiger partial charge in [0.25, 0.3) is 0 Å². The van der Waals surface area contributed by atoms with Gasteiger partial charge in [-0.25, -0.2) is 4.79 Å². The fourth-order valence-corrected chi connectivity index (χ4v) is 2.11. The molecule has 5 nitrogen and oxygen atoms in total. The average Bonchev–Trinajstić information content (AvgIpc) is 2.64. The van der Waals surface area contributed by atoms with Gasteiger partial charge in [0.05, 0.1) is 17.8 Å². The third kappa shape index (κ3) is 2.66. The number of nitrogens with two attached hydrogens (primary N) is 1. The molecule has 3 N–H and O–H groups in total. The number of aryl methyl sites for hydroxylation is 1. The summed E-state index contributed by atoms with van der Waals surface area (Å²) in [6, 6.07) is 6.82. The highest BCUT2D eigenvalue weighted by atomic mass is 16.4. The van der Waals surface area contributed by atoms with Gasteiger partial charge in [-0.3, -0.25) is 4.68 Å². The minimum absolute atomic E-state index is 0.291. The van der Waals surface area contributed by atoms with E-state index in [1.165, 1.54) is 0 Å². The number of carboxylic acid groups (broad SMARTS) is 1. The van der Waals surface area contributed by atoms with Gasteiger partial charge in [0.15, 0.2) is 0 Å². The van der Waals surface area contributed by atoms with E-state index in [-0.39, 0.29) is 0 Å². The molecule has 0 aliphatic rings. The largest absolute Gasteiger partial charge is 0.478 e. The Bertz CT molecular complexity index is 600. The first-order valence-electron chi connectivity index (χ1n) is 6.08. The maximum absolute atomic E-state index is 10.8. The molecule has 1 aromatic heterocycles. The third-order valence-corrected chi connectivity index (χ3v) is 3.27. The van der Waals surface area contributed by atoms with Gasteiger partial charge in [-0.1, -0.05) is 12.1 Å². The van der Waals surface area contributed by atoms with E-state index in [2.05, 4.69) is 5.10 Å². The molecule has 1 aromatic carbocycles. The molecule has 0 amide bonds. The number of aromatic nitrogens is 2. The van der Waals surface area contributed by atoms with E-state index in [9.17, 15) is 4.79 Å². The van der Waals surface area contributed by atoms with Gasteiger partial charge in [-0.05, 0) is 31.5 Å². The summed E-state index contributed by atoms with van der Waals surface area (Å²) in [4.78, 5) is 10.8. The molecular weight excluding hydrogens is 242 g/mol. The Morgan fingerprint density at radius 3 is 2.42 bits per heavy atom. The lowest BCUT2D eigenvalue weighted by molar-refractivity contribution is 0.0697. The van der Waals surface area contributed by atoms with Crippen molar-refractivity contribution in [3.63, 3.8) is 0 Å². The Balaban J connectivity index is 2.24. The Hall–Kier alpha value is -2.14. The Labute approximate surface area is 111 Å². The summed E-state index contributed by atoms with van der Waals surface area (Å²) in [7, 11) is 0. The zero-order chi connectivity index (χ0) is 14.0. The van der Waals surface area contributed by atoms with Crippen molar-refractivity contribution < 1.29 is 9.90 Å². The van der Waals surface area contributed by atoms with Crippen LogP contribution in [-0.4, -0.2) is 20.9 Å². The van der Waals surface area contributed by atoms with Gasteiger partial charge < -0.3 is 10.8 Å². The molecule has 0 atom stereocenters. The van der Waals surface area contributed by atoms with Gasteiger partial charge in [-0.2, -0.15) is 5.10 Å². The number of carbonyl (C=O) groups is 1. The van der Waals surface area contributed by atoms with E-state index in [1.54, 1.807) is 12.1 Å². The van der Waals surface area contributed by atoms with E-state index in [0.717, 1.165) is 22.5 Å². The third-order valence-electron chi connectivity index (χ3n) is 3.27. The molecule has 0 radical (unpaired) electrons. The Kier molecular flexibility index (Phi) is 3.66. The molecule has 0 aliphatic heterocycles. The Morgan fingerprint density at radius 2 is 1.95 bits per heavy atom. The molecule has 0 bridgehead atoms. The predicted molar refractivity (Wildman–Crippen MR) is 72.1 cm³/mol. The molecule has 0 saturated heterocycles. The minimum atomic E-state index is -0.914. The zero-order valence-electron chi connectivity index (χ0n) is 11.1. The second-order valence-electron chi connectivity index (χ2n) is 4.51. The predicted octanol–water partition coefficient (Wildman–Crippen LogP) is 1.71. The highest BCUT2D eigenvalue weighted by Gasteiger charge is 2.10. The zero-order valence-corrected chi connectivity index (χ0v) is 11.1. The standard InChI is InChI=1S/C14H17N3O2/c1-9-13(7-15)10(2)17(16-9)8-11-3-5-12(6-4-11)14(18)19/h3-6H,7-8,15H2,1-2H3,(H,18,19). The molecule has 2 aromatic rings. The fourth-order valence-electron chi connectivity index (χ4n) is 2.11. The van der Waals surface area contributed by atoms with Crippen molar-refractivity contribution in [2.45, 2.75) is 26.9 Å². The van der Waals surface area contributed by atoms with Crippen LogP contribution in [-0.2, 0) is 13.1 Å². The first kappa shape index (κ1) is 13.3. The number of rotatable bonds is 4. The number of hydrogen-bond acceptors (Lipinski definition) is 3.